The highest BCUT2D eigenvalue weighted by Crippen LogP contribution is 2.28. The summed E-state index contributed by atoms with van der Waals surface area (Å²) < 4.78 is 3.67. The summed E-state index contributed by atoms with van der Waals surface area (Å²) in [4.78, 5) is 12.4. The maximum Gasteiger partial charge on any atom is 0.256 e. The van der Waals surface area contributed by atoms with Crippen LogP contribution in [0.5, 0.6) is 0 Å². The van der Waals surface area contributed by atoms with Crippen LogP contribution < -0.4 is 5.32 Å². The van der Waals surface area contributed by atoms with Crippen molar-refractivity contribution in [3.05, 3.63) is 58.4 Å². The largest absolute Gasteiger partial charge is 0.322 e. The first-order chi connectivity index (χ1) is 9.38. The number of halogens is 4. The number of carbonyl (C=O) groups is 1. The van der Waals surface area contributed by atoms with E-state index in [4.69, 9.17) is 0 Å². The summed E-state index contributed by atoms with van der Waals surface area (Å²) >= 11 is 12.5. The number of anilines is 1. The summed E-state index contributed by atoms with van der Waals surface area (Å²) in [5, 5.41) is 2.92. The van der Waals surface area contributed by atoms with E-state index in [2.05, 4.69) is 75.7 Å². The van der Waals surface area contributed by atoms with Gasteiger partial charge in [-0.25, -0.2) is 0 Å². The van der Waals surface area contributed by atoms with Crippen LogP contribution >= 0.6 is 70.4 Å². The van der Waals surface area contributed by atoms with E-state index in [9.17, 15) is 4.79 Å². The van der Waals surface area contributed by atoms with Crippen LogP contribution in [0.2, 0.25) is 0 Å². The highest BCUT2D eigenvalue weighted by Gasteiger charge is 2.14. The standard InChI is InChI=1S/C14H9Br3INO/c1-7-4-9(2-3-11(7)16)19-14(20)10-5-8(15)6-12(17)13(10)18/h2-6H,1H3,(H,19,20). The number of hydrogen-bond acceptors (Lipinski definition) is 1. The van der Waals surface area contributed by atoms with Gasteiger partial charge >= 0.3 is 0 Å². The molecule has 2 rings (SSSR count). The Labute approximate surface area is 156 Å². The molecule has 0 unspecified atom stereocenters. The molecule has 2 aromatic carbocycles. The number of benzene rings is 2. The molecule has 0 aliphatic carbocycles. The van der Waals surface area contributed by atoms with Gasteiger partial charge in [-0.3, -0.25) is 4.79 Å². The highest BCUT2D eigenvalue weighted by atomic mass is 127. The summed E-state index contributed by atoms with van der Waals surface area (Å²) in [5.41, 5.74) is 2.49. The zero-order valence-corrected chi connectivity index (χ0v) is 17.2. The summed E-state index contributed by atoms with van der Waals surface area (Å²) in [6.45, 7) is 1.99. The molecule has 20 heavy (non-hydrogen) atoms. The third kappa shape index (κ3) is 3.84. The van der Waals surface area contributed by atoms with Gasteiger partial charge in [0.2, 0.25) is 0 Å². The van der Waals surface area contributed by atoms with Gasteiger partial charge in [0.05, 0.1) is 5.56 Å². The van der Waals surface area contributed by atoms with Crippen molar-refractivity contribution in [3.63, 3.8) is 0 Å². The molecular formula is C14H9Br3INO. The number of aryl methyl sites for hydroxylation is 1. The molecule has 0 aliphatic heterocycles. The molecule has 1 amide bonds. The number of hydrogen-bond donors (Lipinski definition) is 1. The smallest absolute Gasteiger partial charge is 0.256 e. The van der Waals surface area contributed by atoms with Gasteiger partial charge in [0, 0.05) is 22.7 Å². The first-order valence-corrected chi connectivity index (χ1v) is 9.06. The molecule has 1 N–H and O–H groups in total. The van der Waals surface area contributed by atoms with Crippen LogP contribution in [0.4, 0.5) is 5.69 Å². The van der Waals surface area contributed by atoms with E-state index < -0.39 is 0 Å². The topological polar surface area (TPSA) is 29.1 Å². The number of nitrogens with one attached hydrogen (secondary N) is 1. The Morgan fingerprint density at radius 1 is 1.10 bits per heavy atom. The molecule has 0 fully saturated rings. The minimum atomic E-state index is -0.127. The molecule has 0 spiro atoms. The molecule has 0 radical (unpaired) electrons. The predicted octanol–water partition coefficient (Wildman–Crippen LogP) is 6.14. The van der Waals surface area contributed by atoms with E-state index >= 15 is 0 Å². The van der Waals surface area contributed by atoms with Crippen LogP contribution in [0.3, 0.4) is 0 Å². The molecular weight excluding hydrogens is 565 g/mol. The fourth-order valence-electron chi connectivity index (χ4n) is 1.64. The Morgan fingerprint density at radius 2 is 1.80 bits per heavy atom. The molecule has 104 valence electrons. The fraction of sp³-hybridized carbons (Fsp3) is 0.0714. The lowest BCUT2D eigenvalue weighted by atomic mass is 10.2. The second kappa shape index (κ2) is 6.89. The lowest BCUT2D eigenvalue weighted by Gasteiger charge is -2.10. The van der Waals surface area contributed by atoms with Gasteiger partial charge in [0.15, 0.2) is 0 Å². The van der Waals surface area contributed by atoms with Crippen molar-refractivity contribution in [1.29, 1.82) is 0 Å². The van der Waals surface area contributed by atoms with Crippen molar-refractivity contribution in [3.8, 4) is 0 Å². The number of amides is 1. The Morgan fingerprint density at radius 3 is 2.45 bits per heavy atom. The van der Waals surface area contributed by atoms with Crippen LogP contribution in [0.1, 0.15) is 15.9 Å². The number of carbonyl (C=O) groups excluding carboxylic acids is 1. The van der Waals surface area contributed by atoms with Crippen molar-refractivity contribution >= 4 is 82.0 Å². The van der Waals surface area contributed by atoms with Crippen molar-refractivity contribution < 1.29 is 4.79 Å². The van der Waals surface area contributed by atoms with Gasteiger partial charge in [0.25, 0.3) is 5.91 Å². The van der Waals surface area contributed by atoms with Gasteiger partial charge in [-0.05, 0) is 81.3 Å². The summed E-state index contributed by atoms with van der Waals surface area (Å²) in [7, 11) is 0. The zero-order chi connectivity index (χ0) is 14.9. The molecule has 0 atom stereocenters. The minimum Gasteiger partial charge on any atom is -0.322 e. The van der Waals surface area contributed by atoms with E-state index in [0.717, 1.165) is 28.2 Å². The second-order valence-corrected chi connectivity index (χ2v) is 7.87. The molecule has 0 saturated carbocycles. The molecule has 0 aromatic heterocycles. The van der Waals surface area contributed by atoms with E-state index in [0.29, 0.717) is 5.56 Å². The van der Waals surface area contributed by atoms with Gasteiger partial charge in [-0.2, -0.15) is 0 Å². The zero-order valence-electron chi connectivity index (χ0n) is 10.3. The summed E-state index contributed by atoms with van der Waals surface area (Å²) in [5.74, 6) is -0.127. The first kappa shape index (κ1) is 16.5. The van der Waals surface area contributed by atoms with Crippen LogP contribution in [0.15, 0.2) is 43.7 Å². The Hall–Kier alpha value is 0.0800. The molecule has 6 heteroatoms. The highest BCUT2D eigenvalue weighted by molar-refractivity contribution is 14.1. The average Bonchev–Trinajstić information content (AvgIpc) is 2.38. The summed E-state index contributed by atoms with van der Waals surface area (Å²) in [6, 6.07) is 9.46. The normalized spacial score (nSPS) is 10.4. The van der Waals surface area contributed by atoms with E-state index in [1.54, 1.807) is 0 Å². The predicted molar refractivity (Wildman–Crippen MR) is 101 cm³/mol. The number of rotatable bonds is 2. The van der Waals surface area contributed by atoms with E-state index in [-0.39, 0.29) is 5.91 Å². The third-order valence-electron chi connectivity index (χ3n) is 2.65. The maximum atomic E-state index is 12.4. The molecule has 2 aromatic rings. The Balaban J connectivity index is 2.30. The monoisotopic (exact) mass is 571 g/mol. The second-order valence-electron chi connectivity index (χ2n) is 4.17. The Kier molecular flexibility index (Phi) is 5.67. The fourth-order valence-corrected chi connectivity index (χ4v) is 3.67. The first-order valence-electron chi connectivity index (χ1n) is 5.60. The van der Waals surface area contributed by atoms with Gasteiger partial charge < -0.3 is 5.32 Å². The van der Waals surface area contributed by atoms with Crippen LogP contribution in [-0.4, -0.2) is 5.91 Å². The Bertz CT molecular complexity index is 688. The molecule has 2 nitrogen and oxygen atoms in total. The molecule has 0 heterocycles. The van der Waals surface area contributed by atoms with Crippen molar-refractivity contribution in [2.45, 2.75) is 6.92 Å². The van der Waals surface area contributed by atoms with E-state index in [1.165, 1.54) is 0 Å². The van der Waals surface area contributed by atoms with E-state index in [1.807, 2.05) is 37.3 Å². The quantitative estimate of drug-likeness (QED) is 0.340. The van der Waals surface area contributed by atoms with Gasteiger partial charge in [0.1, 0.15) is 0 Å². The van der Waals surface area contributed by atoms with Crippen molar-refractivity contribution in [1.82, 2.24) is 0 Å². The minimum absolute atomic E-state index is 0.127. The maximum absolute atomic E-state index is 12.4. The van der Waals surface area contributed by atoms with Gasteiger partial charge in [-0.15, -0.1) is 0 Å². The van der Waals surface area contributed by atoms with Crippen molar-refractivity contribution in [2.75, 3.05) is 5.32 Å². The van der Waals surface area contributed by atoms with Crippen LogP contribution in [0.25, 0.3) is 0 Å². The lowest BCUT2D eigenvalue weighted by Crippen LogP contribution is -2.14. The SMILES string of the molecule is Cc1cc(NC(=O)c2cc(Br)cc(Br)c2I)ccc1Br. The average molecular weight is 574 g/mol. The lowest BCUT2D eigenvalue weighted by molar-refractivity contribution is 0.102. The van der Waals surface area contributed by atoms with Crippen LogP contribution in [-0.2, 0) is 0 Å². The van der Waals surface area contributed by atoms with Gasteiger partial charge in [-0.1, -0.05) is 31.9 Å². The van der Waals surface area contributed by atoms with Crippen LogP contribution in [0, 0.1) is 10.5 Å². The molecule has 0 saturated heterocycles. The molecule has 0 bridgehead atoms. The summed E-state index contributed by atoms with van der Waals surface area (Å²) in [6.07, 6.45) is 0. The molecule has 0 aliphatic rings. The third-order valence-corrected chi connectivity index (χ3v) is 6.53. The van der Waals surface area contributed by atoms with Crippen molar-refractivity contribution in [2.24, 2.45) is 0 Å².